The first kappa shape index (κ1) is 12.3. The molecule has 1 heterocycles. The number of allylic oxidation sites excluding steroid dienone is 2. The van der Waals surface area contributed by atoms with E-state index in [2.05, 4.69) is 4.74 Å². The second-order valence-corrected chi connectivity index (χ2v) is 6.49. The molecule has 2 aliphatic rings. The van der Waals surface area contributed by atoms with E-state index < -0.39 is 51.7 Å². The maximum atomic E-state index is 12.5. The van der Waals surface area contributed by atoms with Crippen LogP contribution >= 0.6 is 10.2 Å². The van der Waals surface area contributed by atoms with Gasteiger partial charge in [0, 0.05) is 6.42 Å². The SMILES string of the molecule is O=C1OC(=O)C2CC(S(F)(F)(F)(F)F)=CCC12. The molecule has 0 spiro atoms. The zero-order chi connectivity index (χ0) is 13.1. The van der Waals surface area contributed by atoms with Gasteiger partial charge in [-0.05, 0) is 6.42 Å². The van der Waals surface area contributed by atoms with Crippen LogP contribution in [0.3, 0.4) is 0 Å². The molecule has 17 heavy (non-hydrogen) atoms. The van der Waals surface area contributed by atoms with Crippen molar-refractivity contribution in [1.82, 2.24) is 0 Å². The van der Waals surface area contributed by atoms with E-state index in [1.54, 1.807) is 0 Å². The molecule has 3 nitrogen and oxygen atoms in total. The number of rotatable bonds is 1. The van der Waals surface area contributed by atoms with Crippen molar-refractivity contribution in [3.05, 3.63) is 11.0 Å². The van der Waals surface area contributed by atoms with Gasteiger partial charge in [0.1, 0.15) is 0 Å². The first-order chi connectivity index (χ1) is 7.38. The summed E-state index contributed by atoms with van der Waals surface area (Å²) in [6.07, 6.45) is -1.44. The lowest BCUT2D eigenvalue weighted by atomic mass is 9.85. The van der Waals surface area contributed by atoms with Crippen LogP contribution in [0.2, 0.25) is 0 Å². The number of ether oxygens (including phenoxy) is 1. The molecule has 98 valence electrons. The van der Waals surface area contributed by atoms with Gasteiger partial charge in [-0.3, -0.25) is 9.59 Å². The summed E-state index contributed by atoms with van der Waals surface area (Å²) in [5, 5.41) is 0. The summed E-state index contributed by atoms with van der Waals surface area (Å²) < 4.78 is 66.5. The fraction of sp³-hybridized carbons (Fsp3) is 0.500. The van der Waals surface area contributed by atoms with Crippen LogP contribution in [0.5, 0.6) is 0 Å². The summed E-state index contributed by atoms with van der Waals surface area (Å²) in [7, 11) is -9.73. The first-order valence-electron chi connectivity index (χ1n) is 4.57. The highest BCUT2D eigenvalue weighted by Gasteiger charge is 2.68. The zero-order valence-corrected chi connectivity index (χ0v) is 8.99. The second kappa shape index (κ2) is 2.65. The summed E-state index contributed by atoms with van der Waals surface area (Å²) in [5.74, 6) is -4.61. The highest BCUT2D eigenvalue weighted by Crippen LogP contribution is 3.02. The van der Waals surface area contributed by atoms with Crippen molar-refractivity contribution >= 4 is 22.2 Å². The van der Waals surface area contributed by atoms with Crippen LogP contribution in [0.1, 0.15) is 12.8 Å². The summed E-state index contributed by atoms with van der Waals surface area (Å²) in [6.45, 7) is 0. The maximum absolute atomic E-state index is 12.5. The van der Waals surface area contributed by atoms with Crippen molar-refractivity contribution in [2.75, 3.05) is 0 Å². The molecule has 0 amide bonds. The van der Waals surface area contributed by atoms with Gasteiger partial charge in [0.25, 0.3) is 0 Å². The first-order valence-corrected chi connectivity index (χ1v) is 6.52. The van der Waals surface area contributed by atoms with Gasteiger partial charge in [0.2, 0.25) is 0 Å². The van der Waals surface area contributed by atoms with Gasteiger partial charge in [-0.25, -0.2) is 0 Å². The molecule has 1 fully saturated rings. The molecular formula is C8H7F5O3S. The minimum atomic E-state index is -9.73. The van der Waals surface area contributed by atoms with Gasteiger partial charge in [-0.15, -0.1) is 0 Å². The normalized spacial score (nSPS) is 33.4. The number of carbonyl (C=O) groups is 2. The Labute approximate surface area is 92.3 Å². The van der Waals surface area contributed by atoms with E-state index in [-0.39, 0.29) is 0 Å². The van der Waals surface area contributed by atoms with Gasteiger partial charge in [0.05, 0.1) is 16.7 Å². The minimum absolute atomic E-state index is 0.294. The highest BCUT2D eigenvalue weighted by atomic mass is 32.5. The van der Waals surface area contributed by atoms with Crippen molar-refractivity contribution in [2.45, 2.75) is 12.8 Å². The van der Waals surface area contributed by atoms with Crippen LogP contribution in [-0.2, 0) is 14.3 Å². The average Bonchev–Trinajstić information content (AvgIpc) is 2.39. The average molecular weight is 278 g/mol. The third-order valence-electron chi connectivity index (χ3n) is 2.81. The summed E-state index contributed by atoms with van der Waals surface area (Å²) in [6, 6.07) is 0. The largest absolute Gasteiger partial charge is 0.393 e. The molecule has 9 heteroatoms. The van der Waals surface area contributed by atoms with E-state index in [1.165, 1.54) is 0 Å². The monoisotopic (exact) mass is 278 g/mol. The van der Waals surface area contributed by atoms with Crippen molar-refractivity contribution in [2.24, 2.45) is 11.8 Å². The van der Waals surface area contributed by atoms with Gasteiger partial charge >= 0.3 is 22.2 Å². The van der Waals surface area contributed by atoms with Crippen LogP contribution in [-0.4, -0.2) is 11.9 Å². The lowest BCUT2D eigenvalue weighted by Gasteiger charge is -2.44. The molecule has 0 bridgehead atoms. The lowest BCUT2D eigenvalue weighted by molar-refractivity contribution is -0.153. The van der Waals surface area contributed by atoms with Gasteiger partial charge in [0.15, 0.2) is 0 Å². The minimum Gasteiger partial charge on any atom is -0.393 e. The topological polar surface area (TPSA) is 43.4 Å². The van der Waals surface area contributed by atoms with E-state index >= 15 is 0 Å². The molecule has 0 N–H and O–H groups in total. The number of hydrogen-bond donors (Lipinski definition) is 0. The van der Waals surface area contributed by atoms with Gasteiger partial charge < -0.3 is 4.74 Å². The van der Waals surface area contributed by atoms with Crippen LogP contribution in [0.25, 0.3) is 0 Å². The summed E-state index contributed by atoms with van der Waals surface area (Å²) in [4.78, 5) is 20.0. The van der Waals surface area contributed by atoms with Crippen molar-refractivity contribution < 1.29 is 33.8 Å². The quantitative estimate of drug-likeness (QED) is 0.420. The highest BCUT2D eigenvalue weighted by molar-refractivity contribution is 8.48. The van der Waals surface area contributed by atoms with Crippen molar-refractivity contribution in [1.29, 1.82) is 0 Å². The Kier molecular flexibility index (Phi) is 1.92. The number of hydrogen-bond acceptors (Lipinski definition) is 3. The smallest absolute Gasteiger partial charge is 0.317 e. The molecule has 1 aliphatic heterocycles. The fourth-order valence-corrected chi connectivity index (χ4v) is 2.84. The van der Waals surface area contributed by atoms with Crippen LogP contribution in [0, 0.1) is 11.8 Å². The van der Waals surface area contributed by atoms with Crippen LogP contribution in [0.15, 0.2) is 11.0 Å². The summed E-state index contributed by atoms with van der Waals surface area (Å²) in [5.41, 5.74) is 0. The van der Waals surface area contributed by atoms with E-state index in [0.717, 1.165) is 0 Å². The van der Waals surface area contributed by atoms with Gasteiger partial charge in [-0.1, -0.05) is 25.5 Å². The number of halogens is 5. The predicted octanol–water partition coefficient (Wildman–Crippen LogP) is 3.28. The predicted molar refractivity (Wildman–Crippen MR) is 48.5 cm³/mol. The molecule has 0 aromatic rings. The molecule has 2 unspecified atom stereocenters. The van der Waals surface area contributed by atoms with Crippen molar-refractivity contribution in [3.63, 3.8) is 0 Å². The Morgan fingerprint density at radius 2 is 1.59 bits per heavy atom. The molecule has 0 saturated carbocycles. The molecule has 0 aromatic heterocycles. The van der Waals surface area contributed by atoms with E-state index in [4.69, 9.17) is 0 Å². The van der Waals surface area contributed by atoms with E-state index in [1.807, 2.05) is 0 Å². The molecule has 1 saturated heterocycles. The Bertz CT molecular complexity index is 451. The third-order valence-corrected chi connectivity index (χ3v) is 4.13. The molecule has 1 aliphatic carbocycles. The van der Waals surface area contributed by atoms with Gasteiger partial charge in [-0.2, -0.15) is 0 Å². The number of fused-ring (bicyclic) bond motifs is 1. The number of cyclic esters (lactones) is 2. The molecule has 2 rings (SSSR count). The number of esters is 2. The molecule has 2 atom stereocenters. The molecule has 0 aromatic carbocycles. The lowest BCUT2D eigenvalue weighted by Crippen LogP contribution is -2.25. The Morgan fingerprint density at radius 1 is 1.06 bits per heavy atom. The number of carbonyl (C=O) groups excluding carboxylic acids is 2. The van der Waals surface area contributed by atoms with Crippen molar-refractivity contribution in [3.8, 4) is 0 Å². The molecule has 0 radical (unpaired) electrons. The van der Waals surface area contributed by atoms with E-state index in [0.29, 0.717) is 6.08 Å². The third kappa shape index (κ3) is 2.15. The zero-order valence-electron chi connectivity index (χ0n) is 8.17. The Balaban J connectivity index is 2.37. The Hall–Kier alpha value is -1.12. The summed E-state index contributed by atoms with van der Waals surface area (Å²) >= 11 is 0. The second-order valence-electron chi connectivity index (χ2n) is 4.03. The van der Waals surface area contributed by atoms with Crippen LogP contribution < -0.4 is 0 Å². The maximum Gasteiger partial charge on any atom is 0.317 e. The fourth-order valence-electron chi connectivity index (χ4n) is 1.94. The standard InChI is InChI=1S/C8H7F5O3S/c9-17(10,11,12,13)4-1-2-5-6(3-4)8(15)16-7(5)14/h1,5-6H,2-3H2. The molecular weight excluding hydrogens is 271 g/mol. The van der Waals surface area contributed by atoms with E-state index in [9.17, 15) is 29.0 Å². The Morgan fingerprint density at radius 3 is 2.12 bits per heavy atom. The van der Waals surface area contributed by atoms with Crippen LogP contribution in [0.4, 0.5) is 19.4 Å².